The summed E-state index contributed by atoms with van der Waals surface area (Å²) in [7, 11) is 0. The standard InChI is InChI=1S/C17H12ClFN4O3S/c18-11-7-5-10(6-8-11)15-22-23-17(26-15)27-9-14(24)21-16(25)20-13-4-2-1-3-12(13)19/h1-8H,9H2,(H2,20,21,24,25). The van der Waals surface area contributed by atoms with Crippen molar-refractivity contribution in [1.29, 1.82) is 0 Å². The van der Waals surface area contributed by atoms with E-state index in [0.29, 0.717) is 10.6 Å². The quantitative estimate of drug-likeness (QED) is 0.622. The second kappa shape index (κ2) is 8.65. The summed E-state index contributed by atoms with van der Waals surface area (Å²) in [6.45, 7) is 0. The number of imide groups is 1. The fourth-order valence-electron chi connectivity index (χ4n) is 1.98. The van der Waals surface area contributed by atoms with E-state index >= 15 is 0 Å². The van der Waals surface area contributed by atoms with Crippen LogP contribution >= 0.6 is 23.4 Å². The lowest BCUT2D eigenvalue weighted by Gasteiger charge is -2.06. The molecule has 0 atom stereocenters. The number of aromatic nitrogens is 2. The van der Waals surface area contributed by atoms with Crippen LogP contribution in [0.3, 0.4) is 0 Å². The number of thioether (sulfide) groups is 1. The van der Waals surface area contributed by atoms with Gasteiger partial charge in [0.2, 0.25) is 11.8 Å². The van der Waals surface area contributed by atoms with Crippen molar-refractivity contribution in [3.63, 3.8) is 0 Å². The van der Waals surface area contributed by atoms with Gasteiger partial charge in [0, 0.05) is 10.6 Å². The second-order valence-electron chi connectivity index (χ2n) is 5.15. The number of nitrogens with zero attached hydrogens (tertiary/aromatic N) is 2. The minimum Gasteiger partial charge on any atom is -0.411 e. The van der Waals surface area contributed by atoms with Crippen molar-refractivity contribution in [2.75, 3.05) is 11.1 Å². The van der Waals surface area contributed by atoms with Crippen molar-refractivity contribution in [1.82, 2.24) is 15.5 Å². The van der Waals surface area contributed by atoms with Crippen LogP contribution in [0, 0.1) is 5.82 Å². The van der Waals surface area contributed by atoms with Crippen LogP contribution in [0.5, 0.6) is 0 Å². The lowest BCUT2D eigenvalue weighted by Crippen LogP contribution is -2.35. The average Bonchev–Trinajstić information content (AvgIpc) is 3.11. The molecular weight excluding hydrogens is 395 g/mol. The Morgan fingerprint density at radius 1 is 1.11 bits per heavy atom. The first-order valence-electron chi connectivity index (χ1n) is 7.59. The maximum Gasteiger partial charge on any atom is 0.325 e. The van der Waals surface area contributed by atoms with E-state index in [9.17, 15) is 14.0 Å². The summed E-state index contributed by atoms with van der Waals surface area (Å²) < 4.78 is 18.9. The number of hydrogen-bond donors (Lipinski definition) is 2. The minimum atomic E-state index is -0.835. The smallest absolute Gasteiger partial charge is 0.325 e. The van der Waals surface area contributed by atoms with Crippen molar-refractivity contribution in [3.8, 4) is 11.5 Å². The zero-order valence-corrected chi connectivity index (χ0v) is 15.2. The first kappa shape index (κ1) is 18.9. The number of para-hydroxylation sites is 1. The van der Waals surface area contributed by atoms with Gasteiger partial charge in [-0.2, -0.15) is 0 Å². The largest absolute Gasteiger partial charge is 0.411 e. The molecule has 27 heavy (non-hydrogen) atoms. The number of halogens is 2. The molecule has 0 saturated carbocycles. The molecule has 0 spiro atoms. The van der Waals surface area contributed by atoms with E-state index in [0.717, 1.165) is 11.8 Å². The van der Waals surface area contributed by atoms with Gasteiger partial charge in [-0.05, 0) is 36.4 Å². The Bertz CT molecular complexity index is 965. The van der Waals surface area contributed by atoms with Crippen molar-refractivity contribution < 1.29 is 18.4 Å². The molecule has 0 radical (unpaired) electrons. The molecule has 3 amide bonds. The second-order valence-corrected chi connectivity index (χ2v) is 6.51. The molecule has 1 aromatic heterocycles. The molecule has 0 aliphatic heterocycles. The first-order chi connectivity index (χ1) is 13.0. The monoisotopic (exact) mass is 406 g/mol. The molecule has 1 heterocycles. The first-order valence-corrected chi connectivity index (χ1v) is 8.95. The number of benzene rings is 2. The predicted octanol–water partition coefficient (Wildman–Crippen LogP) is 3.97. The zero-order chi connectivity index (χ0) is 19.2. The highest BCUT2D eigenvalue weighted by molar-refractivity contribution is 7.99. The number of carbonyl (C=O) groups excluding carboxylic acids is 2. The van der Waals surface area contributed by atoms with Crippen LogP contribution in [-0.2, 0) is 4.79 Å². The highest BCUT2D eigenvalue weighted by atomic mass is 35.5. The molecule has 0 unspecified atom stereocenters. The van der Waals surface area contributed by atoms with E-state index in [1.54, 1.807) is 30.3 Å². The molecule has 138 valence electrons. The molecule has 3 rings (SSSR count). The van der Waals surface area contributed by atoms with Gasteiger partial charge in [-0.1, -0.05) is 35.5 Å². The van der Waals surface area contributed by atoms with Gasteiger partial charge in [0.15, 0.2) is 0 Å². The molecule has 7 nitrogen and oxygen atoms in total. The van der Waals surface area contributed by atoms with Crippen molar-refractivity contribution in [2.24, 2.45) is 0 Å². The lowest BCUT2D eigenvalue weighted by atomic mass is 10.2. The molecule has 0 aliphatic carbocycles. The maximum atomic E-state index is 13.5. The average molecular weight is 407 g/mol. The fraction of sp³-hybridized carbons (Fsp3) is 0.0588. The van der Waals surface area contributed by atoms with Crippen LogP contribution < -0.4 is 10.6 Å². The molecule has 2 N–H and O–H groups in total. The van der Waals surface area contributed by atoms with Crippen LogP contribution in [0.25, 0.3) is 11.5 Å². The topological polar surface area (TPSA) is 97.1 Å². The molecule has 3 aromatic rings. The van der Waals surface area contributed by atoms with E-state index < -0.39 is 17.8 Å². The number of urea groups is 1. The number of amides is 3. The van der Waals surface area contributed by atoms with Crippen LogP contribution in [0.15, 0.2) is 58.2 Å². The summed E-state index contributed by atoms with van der Waals surface area (Å²) in [4.78, 5) is 23.5. The predicted molar refractivity (Wildman–Crippen MR) is 99.0 cm³/mol. The number of nitrogens with one attached hydrogen (secondary N) is 2. The highest BCUT2D eigenvalue weighted by Gasteiger charge is 2.14. The van der Waals surface area contributed by atoms with Crippen molar-refractivity contribution in [2.45, 2.75) is 5.22 Å². The zero-order valence-electron chi connectivity index (χ0n) is 13.6. The van der Waals surface area contributed by atoms with Crippen LogP contribution in [0.4, 0.5) is 14.9 Å². The van der Waals surface area contributed by atoms with E-state index in [-0.39, 0.29) is 22.6 Å². The molecule has 0 aliphatic rings. The number of rotatable bonds is 5. The third-order valence-corrected chi connectivity index (χ3v) is 4.27. The summed E-state index contributed by atoms with van der Waals surface area (Å²) in [5.41, 5.74) is 0.660. The van der Waals surface area contributed by atoms with Gasteiger partial charge in [-0.15, -0.1) is 10.2 Å². The molecule has 0 saturated heterocycles. The Hall–Kier alpha value is -2.91. The molecule has 0 fully saturated rings. The summed E-state index contributed by atoms with van der Waals surface area (Å²) >= 11 is 6.79. The lowest BCUT2D eigenvalue weighted by molar-refractivity contribution is -0.117. The Morgan fingerprint density at radius 3 is 2.59 bits per heavy atom. The number of carbonyl (C=O) groups is 2. The van der Waals surface area contributed by atoms with E-state index in [1.807, 2.05) is 0 Å². The van der Waals surface area contributed by atoms with Crippen LogP contribution in [-0.4, -0.2) is 27.9 Å². The van der Waals surface area contributed by atoms with Crippen LogP contribution in [0.2, 0.25) is 5.02 Å². The Balaban J connectivity index is 1.50. The van der Waals surface area contributed by atoms with Gasteiger partial charge in [0.25, 0.3) is 5.22 Å². The normalized spacial score (nSPS) is 10.4. The van der Waals surface area contributed by atoms with Gasteiger partial charge >= 0.3 is 6.03 Å². The van der Waals surface area contributed by atoms with Gasteiger partial charge in [-0.3, -0.25) is 10.1 Å². The van der Waals surface area contributed by atoms with E-state index in [4.69, 9.17) is 16.0 Å². The fourth-order valence-corrected chi connectivity index (χ4v) is 2.67. The minimum absolute atomic E-state index is 0.0278. The summed E-state index contributed by atoms with van der Waals surface area (Å²) in [5.74, 6) is -1.05. The van der Waals surface area contributed by atoms with Crippen molar-refractivity contribution in [3.05, 3.63) is 59.4 Å². The number of anilines is 1. The Morgan fingerprint density at radius 2 is 1.85 bits per heavy atom. The third kappa shape index (κ3) is 5.28. The Labute approximate surface area is 162 Å². The summed E-state index contributed by atoms with van der Waals surface area (Å²) in [5, 5.41) is 12.8. The van der Waals surface area contributed by atoms with Crippen LogP contribution in [0.1, 0.15) is 0 Å². The van der Waals surface area contributed by atoms with Gasteiger partial charge in [0.1, 0.15) is 5.82 Å². The third-order valence-electron chi connectivity index (χ3n) is 3.20. The molecular formula is C17H12ClFN4O3S. The van der Waals surface area contributed by atoms with Crippen molar-refractivity contribution >= 4 is 41.0 Å². The van der Waals surface area contributed by atoms with E-state index in [2.05, 4.69) is 20.8 Å². The summed E-state index contributed by atoms with van der Waals surface area (Å²) in [6.07, 6.45) is 0. The highest BCUT2D eigenvalue weighted by Crippen LogP contribution is 2.24. The Kier molecular flexibility index (Phi) is 6.05. The molecule has 10 heteroatoms. The SMILES string of the molecule is O=C(CSc1nnc(-c2ccc(Cl)cc2)o1)NC(=O)Nc1ccccc1F. The van der Waals surface area contributed by atoms with Gasteiger partial charge in [-0.25, -0.2) is 9.18 Å². The van der Waals surface area contributed by atoms with Gasteiger partial charge in [0.05, 0.1) is 11.4 Å². The molecule has 2 aromatic carbocycles. The van der Waals surface area contributed by atoms with E-state index in [1.165, 1.54) is 18.2 Å². The summed E-state index contributed by atoms with van der Waals surface area (Å²) in [6, 6.07) is 11.6. The molecule has 0 bridgehead atoms. The van der Waals surface area contributed by atoms with Gasteiger partial charge < -0.3 is 9.73 Å². The maximum absolute atomic E-state index is 13.5. The number of hydrogen-bond acceptors (Lipinski definition) is 6.